The number of halogens is 1. The average molecular weight is 421 g/mol. The summed E-state index contributed by atoms with van der Waals surface area (Å²) in [6.45, 7) is 0. The Hall–Kier alpha value is -3.57. The highest BCUT2D eigenvalue weighted by molar-refractivity contribution is 6.30. The lowest BCUT2D eigenvalue weighted by molar-refractivity contribution is -0.133. The topological polar surface area (TPSA) is 65.7 Å². The molecule has 3 aromatic carbocycles. The second kappa shape index (κ2) is 8.43. The Balaban J connectivity index is 1.56. The van der Waals surface area contributed by atoms with E-state index >= 15 is 0 Å². The average Bonchev–Trinajstić information content (AvgIpc) is 2.75. The maximum Gasteiger partial charge on any atom is 0.344 e. The number of carbonyl (C=O) groups is 1. The molecule has 0 N–H and O–H groups in total. The molecule has 30 heavy (non-hydrogen) atoms. The van der Waals surface area contributed by atoms with Gasteiger partial charge in [-0.15, -0.1) is 0 Å². The van der Waals surface area contributed by atoms with Gasteiger partial charge in [0, 0.05) is 16.5 Å². The third-order valence-electron chi connectivity index (χ3n) is 4.60. The predicted molar refractivity (Wildman–Crippen MR) is 115 cm³/mol. The van der Waals surface area contributed by atoms with Gasteiger partial charge in [0.1, 0.15) is 17.1 Å². The van der Waals surface area contributed by atoms with Crippen LogP contribution in [0.4, 0.5) is 0 Å². The Bertz CT molecular complexity index is 1260. The largest absolute Gasteiger partial charge is 0.497 e. The smallest absolute Gasteiger partial charge is 0.344 e. The summed E-state index contributed by atoms with van der Waals surface area (Å²) >= 11 is 5.85. The van der Waals surface area contributed by atoms with Crippen LogP contribution in [0.2, 0.25) is 5.02 Å². The Kier molecular flexibility index (Phi) is 5.55. The van der Waals surface area contributed by atoms with E-state index in [9.17, 15) is 9.59 Å². The lowest BCUT2D eigenvalue weighted by Gasteiger charge is -2.07. The molecule has 0 saturated heterocycles. The van der Waals surface area contributed by atoms with Crippen molar-refractivity contribution in [2.24, 2.45) is 0 Å². The molecule has 4 rings (SSSR count). The first-order valence-electron chi connectivity index (χ1n) is 9.19. The molecular formula is C24H17ClO5. The van der Waals surface area contributed by atoms with Gasteiger partial charge in [0.15, 0.2) is 0 Å². The fourth-order valence-corrected chi connectivity index (χ4v) is 3.19. The summed E-state index contributed by atoms with van der Waals surface area (Å²) in [7, 11) is 1.58. The van der Waals surface area contributed by atoms with Crippen LogP contribution >= 0.6 is 11.6 Å². The number of benzene rings is 3. The number of hydrogen-bond donors (Lipinski definition) is 0. The lowest BCUT2D eigenvalue weighted by Crippen LogP contribution is -2.11. The molecule has 1 heterocycles. The second-order valence-electron chi connectivity index (χ2n) is 6.65. The first-order chi connectivity index (χ1) is 14.5. The third-order valence-corrected chi connectivity index (χ3v) is 4.85. The van der Waals surface area contributed by atoms with Crippen molar-refractivity contribution in [3.63, 3.8) is 0 Å². The van der Waals surface area contributed by atoms with Crippen LogP contribution in [-0.4, -0.2) is 13.1 Å². The number of rotatable bonds is 5. The Morgan fingerprint density at radius 1 is 0.933 bits per heavy atom. The minimum absolute atomic E-state index is 0.107. The molecule has 6 heteroatoms. The number of carbonyl (C=O) groups excluding carboxylic acids is 1. The third kappa shape index (κ3) is 4.36. The van der Waals surface area contributed by atoms with E-state index in [1.165, 1.54) is 6.07 Å². The van der Waals surface area contributed by atoms with E-state index in [-0.39, 0.29) is 6.42 Å². The van der Waals surface area contributed by atoms with Crippen LogP contribution in [0.5, 0.6) is 11.5 Å². The lowest BCUT2D eigenvalue weighted by atomic mass is 10.1. The van der Waals surface area contributed by atoms with Gasteiger partial charge in [-0.1, -0.05) is 35.9 Å². The van der Waals surface area contributed by atoms with Gasteiger partial charge in [0.25, 0.3) is 0 Å². The van der Waals surface area contributed by atoms with Crippen molar-refractivity contribution in [2.45, 2.75) is 6.42 Å². The molecule has 0 aliphatic heterocycles. The number of hydrogen-bond acceptors (Lipinski definition) is 5. The molecule has 0 amide bonds. The molecule has 0 aliphatic carbocycles. The molecular weight excluding hydrogens is 404 g/mol. The zero-order valence-corrected chi connectivity index (χ0v) is 16.8. The minimum Gasteiger partial charge on any atom is -0.497 e. The fraction of sp³-hybridized carbons (Fsp3) is 0.0833. The van der Waals surface area contributed by atoms with E-state index in [2.05, 4.69) is 0 Å². The molecule has 0 saturated carbocycles. The molecule has 0 spiro atoms. The number of esters is 1. The van der Waals surface area contributed by atoms with E-state index in [4.69, 9.17) is 25.5 Å². The molecule has 0 atom stereocenters. The Labute approximate surface area is 177 Å². The van der Waals surface area contributed by atoms with Gasteiger partial charge in [-0.05, 0) is 53.6 Å². The van der Waals surface area contributed by atoms with Crippen LogP contribution in [-0.2, 0) is 11.2 Å². The number of ether oxygens (including phenoxy) is 2. The normalized spacial score (nSPS) is 10.7. The van der Waals surface area contributed by atoms with Crippen LogP contribution in [0, 0.1) is 0 Å². The molecule has 150 valence electrons. The Morgan fingerprint density at radius 3 is 2.33 bits per heavy atom. The zero-order valence-electron chi connectivity index (χ0n) is 16.1. The summed E-state index contributed by atoms with van der Waals surface area (Å²) < 4.78 is 16.0. The van der Waals surface area contributed by atoms with Crippen molar-refractivity contribution < 1.29 is 18.7 Å². The molecule has 5 nitrogen and oxygen atoms in total. The minimum atomic E-state index is -0.475. The zero-order chi connectivity index (χ0) is 21.1. The van der Waals surface area contributed by atoms with Crippen molar-refractivity contribution in [2.75, 3.05) is 7.11 Å². The van der Waals surface area contributed by atoms with Gasteiger partial charge in [0.05, 0.1) is 19.1 Å². The first kappa shape index (κ1) is 19.7. The van der Waals surface area contributed by atoms with Crippen molar-refractivity contribution in [1.82, 2.24) is 0 Å². The quantitative estimate of drug-likeness (QED) is 0.250. The SMILES string of the molecule is COc1ccc(-c2cc3ccc(OC(=O)Cc4ccc(Cl)cc4)cc3oc2=O)cc1. The molecule has 0 bridgehead atoms. The number of fused-ring (bicyclic) bond motifs is 1. The van der Waals surface area contributed by atoms with E-state index in [1.54, 1.807) is 73.8 Å². The molecule has 0 aliphatic rings. The second-order valence-corrected chi connectivity index (χ2v) is 7.09. The number of methoxy groups -OCH3 is 1. The standard InChI is InChI=1S/C24H17ClO5/c1-28-19-9-4-16(5-10-19)21-13-17-6-11-20(14-22(17)30-24(21)27)29-23(26)12-15-2-7-18(25)8-3-15/h2-11,13-14H,12H2,1H3. The van der Waals surface area contributed by atoms with Crippen molar-refractivity contribution in [3.8, 4) is 22.6 Å². The summed E-state index contributed by atoms with van der Waals surface area (Å²) in [5.74, 6) is 0.588. The van der Waals surface area contributed by atoms with Gasteiger partial charge in [0.2, 0.25) is 0 Å². The van der Waals surface area contributed by atoms with E-state index in [0.717, 1.165) is 16.5 Å². The predicted octanol–water partition coefficient (Wildman–Crippen LogP) is 5.27. The van der Waals surface area contributed by atoms with Gasteiger partial charge in [-0.25, -0.2) is 4.79 Å². The van der Waals surface area contributed by atoms with Crippen LogP contribution in [0.15, 0.2) is 82.0 Å². The van der Waals surface area contributed by atoms with Crippen LogP contribution < -0.4 is 15.1 Å². The van der Waals surface area contributed by atoms with Crippen molar-refractivity contribution in [1.29, 1.82) is 0 Å². The van der Waals surface area contributed by atoms with Crippen molar-refractivity contribution >= 4 is 28.5 Å². The highest BCUT2D eigenvalue weighted by Gasteiger charge is 2.11. The summed E-state index contributed by atoms with van der Waals surface area (Å²) in [5, 5.41) is 1.32. The Morgan fingerprint density at radius 2 is 1.63 bits per heavy atom. The summed E-state index contributed by atoms with van der Waals surface area (Å²) in [6, 6.07) is 20.8. The molecule has 0 radical (unpaired) electrons. The van der Waals surface area contributed by atoms with Crippen LogP contribution in [0.1, 0.15) is 5.56 Å². The fourth-order valence-electron chi connectivity index (χ4n) is 3.06. The van der Waals surface area contributed by atoms with Crippen LogP contribution in [0.25, 0.3) is 22.1 Å². The van der Waals surface area contributed by atoms with Crippen LogP contribution in [0.3, 0.4) is 0 Å². The molecule has 0 fully saturated rings. The van der Waals surface area contributed by atoms with Crippen molar-refractivity contribution in [3.05, 3.63) is 93.8 Å². The van der Waals surface area contributed by atoms with Gasteiger partial charge in [-0.2, -0.15) is 0 Å². The summed E-state index contributed by atoms with van der Waals surface area (Å²) in [4.78, 5) is 24.7. The first-order valence-corrected chi connectivity index (χ1v) is 9.57. The van der Waals surface area contributed by atoms with E-state index < -0.39 is 11.6 Å². The maximum atomic E-state index is 12.5. The molecule has 0 unspecified atom stereocenters. The summed E-state index contributed by atoms with van der Waals surface area (Å²) in [5.41, 5.74) is 1.83. The van der Waals surface area contributed by atoms with Gasteiger partial charge in [-0.3, -0.25) is 4.79 Å². The summed E-state index contributed by atoms with van der Waals surface area (Å²) in [6.07, 6.45) is 0.107. The van der Waals surface area contributed by atoms with Gasteiger partial charge >= 0.3 is 11.6 Å². The van der Waals surface area contributed by atoms with Gasteiger partial charge < -0.3 is 13.9 Å². The maximum absolute atomic E-state index is 12.5. The van der Waals surface area contributed by atoms with E-state index in [1.807, 2.05) is 0 Å². The molecule has 4 aromatic rings. The molecule has 1 aromatic heterocycles. The monoisotopic (exact) mass is 420 g/mol. The highest BCUT2D eigenvalue weighted by Crippen LogP contribution is 2.26. The highest BCUT2D eigenvalue weighted by atomic mass is 35.5. The van der Waals surface area contributed by atoms with E-state index in [0.29, 0.717) is 27.7 Å².